The van der Waals surface area contributed by atoms with Crippen LogP contribution in [0.1, 0.15) is 73.2 Å². The molecule has 2 fully saturated rings. The first-order valence-corrected chi connectivity index (χ1v) is 16.8. The maximum atomic E-state index is 12.6. The van der Waals surface area contributed by atoms with Crippen molar-refractivity contribution in [1.29, 1.82) is 0 Å². The van der Waals surface area contributed by atoms with Gasteiger partial charge in [0.1, 0.15) is 11.5 Å². The molecule has 2 saturated heterocycles. The molecule has 2 amide bonds. The highest BCUT2D eigenvalue weighted by Crippen LogP contribution is 2.38. The lowest BCUT2D eigenvalue weighted by atomic mass is 9.99. The standard InChI is InChI=1S/C39H45N3O5/c43-28-30-13-15-31(16-14-30)37-25-36(27-42-23-7-2-1-3-8-24-42)46-38(47-37)32-17-11-29(12-18-32)26-40-39(44)41-33-19-21-35(22-20-33)45-34-9-5-4-6-10-34/h4-6,9-22,36-38,43H,1-3,7-8,23-28H2,(H2,40,41,44)/t36-,37+,38+/m1/s1. The van der Waals surface area contributed by atoms with Crippen molar-refractivity contribution < 1.29 is 24.1 Å². The summed E-state index contributed by atoms with van der Waals surface area (Å²) in [7, 11) is 0. The maximum absolute atomic E-state index is 12.6. The molecule has 0 saturated carbocycles. The molecule has 2 heterocycles. The van der Waals surface area contributed by atoms with Gasteiger partial charge in [-0.1, -0.05) is 86.0 Å². The van der Waals surface area contributed by atoms with Crippen LogP contribution in [0.25, 0.3) is 0 Å². The molecule has 47 heavy (non-hydrogen) atoms. The molecule has 8 nitrogen and oxygen atoms in total. The maximum Gasteiger partial charge on any atom is 0.319 e. The number of carbonyl (C=O) groups is 1. The minimum atomic E-state index is -0.495. The fourth-order valence-electron chi connectivity index (χ4n) is 6.20. The van der Waals surface area contributed by atoms with Crippen molar-refractivity contribution in [2.75, 3.05) is 25.0 Å². The van der Waals surface area contributed by atoms with Gasteiger partial charge in [-0.3, -0.25) is 0 Å². The molecular weight excluding hydrogens is 590 g/mol. The van der Waals surface area contributed by atoms with Gasteiger partial charge in [0.2, 0.25) is 0 Å². The molecule has 3 atom stereocenters. The summed E-state index contributed by atoms with van der Waals surface area (Å²) in [4.78, 5) is 15.2. The summed E-state index contributed by atoms with van der Waals surface area (Å²) in [5, 5.41) is 15.3. The lowest BCUT2D eigenvalue weighted by Crippen LogP contribution is -2.40. The predicted octanol–water partition coefficient (Wildman–Crippen LogP) is 8.10. The van der Waals surface area contributed by atoms with E-state index in [2.05, 4.69) is 27.7 Å². The van der Waals surface area contributed by atoms with Crippen LogP contribution in [0.5, 0.6) is 11.5 Å². The Morgan fingerprint density at radius 1 is 0.745 bits per heavy atom. The number of urea groups is 1. The van der Waals surface area contributed by atoms with E-state index in [1.54, 1.807) is 0 Å². The Morgan fingerprint density at radius 3 is 2.09 bits per heavy atom. The second kappa shape index (κ2) is 16.6. The summed E-state index contributed by atoms with van der Waals surface area (Å²) in [6.07, 6.45) is 6.64. The first-order chi connectivity index (χ1) is 23.1. The van der Waals surface area contributed by atoms with Gasteiger partial charge in [-0.25, -0.2) is 4.79 Å². The number of nitrogens with one attached hydrogen (secondary N) is 2. The van der Waals surface area contributed by atoms with Crippen LogP contribution in [0.2, 0.25) is 0 Å². The van der Waals surface area contributed by atoms with E-state index < -0.39 is 6.29 Å². The molecule has 0 radical (unpaired) electrons. The molecule has 0 bridgehead atoms. The topological polar surface area (TPSA) is 92.3 Å². The smallest absolute Gasteiger partial charge is 0.319 e. The molecule has 2 aliphatic rings. The van der Waals surface area contributed by atoms with Gasteiger partial charge < -0.3 is 34.9 Å². The van der Waals surface area contributed by atoms with Crippen LogP contribution >= 0.6 is 0 Å². The molecule has 0 aromatic heterocycles. The quantitative estimate of drug-likeness (QED) is 0.163. The second-order valence-corrected chi connectivity index (χ2v) is 12.4. The van der Waals surface area contributed by atoms with Gasteiger partial charge in [-0.15, -0.1) is 0 Å². The van der Waals surface area contributed by atoms with Crippen LogP contribution in [-0.4, -0.2) is 41.8 Å². The molecule has 8 heteroatoms. The molecule has 2 aliphatic heterocycles. The summed E-state index contributed by atoms with van der Waals surface area (Å²) in [6.45, 7) is 3.53. The van der Waals surface area contributed by atoms with E-state index in [-0.39, 0.29) is 24.8 Å². The van der Waals surface area contributed by atoms with Gasteiger partial charge in [-0.2, -0.15) is 0 Å². The summed E-state index contributed by atoms with van der Waals surface area (Å²) < 4.78 is 19.0. The molecule has 6 rings (SSSR count). The predicted molar refractivity (Wildman–Crippen MR) is 183 cm³/mol. The third kappa shape index (κ3) is 9.65. The molecule has 0 aliphatic carbocycles. The van der Waals surface area contributed by atoms with Crippen molar-refractivity contribution in [2.24, 2.45) is 0 Å². The Labute approximate surface area is 277 Å². The number of benzene rings is 4. The fourth-order valence-corrected chi connectivity index (χ4v) is 6.20. The molecule has 0 spiro atoms. The Hall–Kier alpha value is -4.21. The Bertz CT molecular complexity index is 1520. The monoisotopic (exact) mass is 635 g/mol. The number of anilines is 1. The molecular formula is C39H45N3O5. The number of nitrogens with zero attached hydrogens (tertiary/aromatic N) is 1. The van der Waals surface area contributed by atoms with Gasteiger partial charge in [0.15, 0.2) is 6.29 Å². The highest BCUT2D eigenvalue weighted by atomic mass is 16.7. The zero-order valence-corrected chi connectivity index (χ0v) is 26.9. The number of aliphatic hydroxyl groups excluding tert-OH is 1. The van der Waals surface area contributed by atoms with Crippen LogP contribution in [0.15, 0.2) is 103 Å². The first-order valence-electron chi connectivity index (χ1n) is 16.8. The van der Waals surface area contributed by atoms with Crippen molar-refractivity contribution >= 4 is 11.7 Å². The number of amides is 2. The van der Waals surface area contributed by atoms with E-state index in [0.717, 1.165) is 54.1 Å². The van der Waals surface area contributed by atoms with Crippen LogP contribution < -0.4 is 15.4 Å². The van der Waals surface area contributed by atoms with Crippen LogP contribution in [0.3, 0.4) is 0 Å². The molecule has 4 aromatic rings. The molecule has 3 N–H and O–H groups in total. The number of hydrogen-bond donors (Lipinski definition) is 3. The average molecular weight is 636 g/mol. The van der Waals surface area contributed by atoms with Crippen molar-refractivity contribution in [3.8, 4) is 11.5 Å². The highest BCUT2D eigenvalue weighted by Gasteiger charge is 2.33. The van der Waals surface area contributed by atoms with E-state index in [9.17, 15) is 9.90 Å². The molecule has 246 valence electrons. The van der Waals surface area contributed by atoms with E-state index in [0.29, 0.717) is 18.0 Å². The van der Waals surface area contributed by atoms with Gasteiger partial charge >= 0.3 is 6.03 Å². The van der Waals surface area contributed by atoms with E-state index in [1.807, 2.05) is 91.0 Å². The number of hydrogen-bond acceptors (Lipinski definition) is 6. The van der Waals surface area contributed by atoms with Crippen molar-refractivity contribution in [1.82, 2.24) is 10.2 Å². The second-order valence-electron chi connectivity index (χ2n) is 12.4. The Balaban J connectivity index is 1.05. The zero-order chi connectivity index (χ0) is 32.3. The fraction of sp³-hybridized carbons (Fsp3) is 0.359. The third-order valence-electron chi connectivity index (χ3n) is 8.82. The molecule has 4 aromatic carbocycles. The SMILES string of the molecule is O=C(NCc1ccc([C@H]2O[C@@H](CN3CCCCCCC3)C[C@@H](c3ccc(CO)cc3)O2)cc1)Nc1ccc(Oc2ccccc2)cc1. The Kier molecular flexibility index (Phi) is 11.5. The minimum Gasteiger partial charge on any atom is -0.457 e. The summed E-state index contributed by atoms with van der Waals surface area (Å²) in [5.74, 6) is 1.46. The van der Waals surface area contributed by atoms with Crippen LogP contribution in [-0.2, 0) is 22.6 Å². The highest BCUT2D eigenvalue weighted by molar-refractivity contribution is 5.89. The summed E-state index contributed by atoms with van der Waals surface area (Å²) >= 11 is 0. The van der Waals surface area contributed by atoms with Crippen molar-refractivity contribution in [3.05, 3.63) is 125 Å². The summed E-state index contributed by atoms with van der Waals surface area (Å²) in [6, 6.07) is 32.7. The lowest BCUT2D eigenvalue weighted by Gasteiger charge is -2.38. The van der Waals surface area contributed by atoms with E-state index >= 15 is 0 Å². The lowest BCUT2D eigenvalue weighted by molar-refractivity contribution is -0.253. The van der Waals surface area contributed by atoms with Crippen LogP contribution in [0, 0.1) is 0 Å². The largest absolute Gasteiger partial charge is 0.457 e. The zero-order valence-electron chi connectivity index (χ0n) is 26.9. The normalized spacial score (nSPS) is 20.5. The van der Waals surface area contributed by atoms with Crippen LogP contribution in [0.4, 0.5) is 10.5 Å². The van der Waals surface area contributed by atoms with E-state index in [1.165, 1.54) is 32.1 Å². The number of para-hydroxylation sites is 1. The third-order valence-corrected chi connectivity index (χ3v) is 8.82. The number of ether oxygens (including phenoxy) is 3. The number of likely N-dealkylation sites (tertiary alicyclic amines) is 1. The van der Waals surface area contributed by atoms with Crippen molar-refractivity contribution in [3.63, 3.8) is 0 Å². The number of aliphatic hydroxyl groups is 1. The minimum absolute atomic E-state index is 0.0235. The summed E-state index contributed by atoms with van der Waals surface area (Å²) in [5.41, 5.74) is 4.58. The van der Waals surface area contributed by atoms with Gasteiger partial charge in [0, 0.05) is 30.8 Å². The Morgan fingerprint density at radius 2 is 1.38 bits per heavy atom. The van der Waals surface area contributed by atoms with Crippen molar-refractivity contribution in [2.45, 2.75) is 70.2 Å². The van der Waals surface area contributed by atoms with Gasteiger partial charge in [0.05, 0.1) is 18.8 Å². The number of carbonyl (C=O) groups excluding carboxylic acids is 1. The van der Waals surface area contributed by atoms with E-state index in [4.69, 9.17) is 14.2 Å². The molecule has 0 unspecified atom stereocenters. The number of rotatable bonds is 10. The van der Waals surface area contributed by atoms with Gasteiger partial charge in [-0.05, 0) is 79.0 Å². The van der Waals surface area contributed by atoms with Gasteiger partial charge in [0.25, 0.3) is 0 Å². The first kappa shape index (κ1) is 32.7. The average Bonchev–Trinajstić information content (AvgIpc) is 3.10.